The summed E-state index contributed by atoms with van der Waals surface area (Å²) in [5.41, 5.74) is 1.57. The van der Waals surface area contributed by atoms with E-state index in [0.29, 0.717) is 28.4 Å². The highest BCUT2D eigenvalue weighted by Crippen LogP contribution is 2.39. The van der Waals surface area contributed by atoms with Crippen molar-refractivity contribution in [3.63, 3.8) is 0 Å². The number of ether oxygens (including phenoxy) is 2. The largest absolute Gasteiger partial charge is 0.493 e. The minimum atomic E-state index is -3.96. The molecule has 38 heavy (non-hydrogen) atoms. The van der Waals surface area contributed by atoms with Crippen LogP contribution in [0, 0.1) is 11.6 Å². The molecule has 6 nitrogen and oxygen atoms in total. The van der Waals surface area contributed by atoms with Crippen molar-refractivity contribution < 1.29 is 26.7 Å². The molecule has 0 unspecified atom stereocenters. The Morgan fingerprint density at radius 3 is 2.21 bits per heavy atom. The standard InChI is InChI=1S/C28H27ClF2N2O4S/c1-28(2,19-6-12-24(36-3)25(15-19)37-4)26-17-32-27(33(26)22-10-8-20(30)9-11-22)38(34,35)14-13-18-5-7-21(31)16-23(18)29/h5-12,15-17H,13-14H2,1-4H3. The van der Waals surface area contributed by atoms with Gasteiger partial charge in [-0.15, -0.1) is 0 Å². The molecule has 0 fully saturated rings. The lowest BCUT2D eigenvalue weighted by Gasteiger charge is -2.28. The number of aromatic nitrogens is 2. The fraction of sp³-hybridized carbons (Fsp3) is 0.250. The van der Waals surface area contributed by atoms with Gasteiger partial charge in [0.05, 0.1) is 31.9 Å². The van der Waals surface area contributed by atoms with E-state index in [0.717, 1.165) is 11.6 Å². The smallest absolute Gasteiger partial charge is 0.232 e. The van der Waals surface area contributed by atoms with E-state index in [9.17, 15) is 17.2 Å². The molecule has 0 spiro atoms. The highest BCUT2D eigenvalue weighted by molar-refractivity contribution is 7.91. The summed E-state index contributed by atoms with van der Waals surface area (Å²) < 4.78 is 66.8. The van der Waals surface area contributed by atoms with Gasteiger partial charge in [0.2, 0.25) is 15.0 Å². The molecule has 4 rings (SSSR count). The molecule has 0 radical (unpaired) electrons. The molecule has 0 aliphatic heterocycles. The first-order chi connectivity index (χ1) is 18.0. The Morgan fingerprint density at radius 1 is 0.921 bits per heavy atom. The third-order valence-electron chi connectivity index (χ3n) is 6.49. The van der Waals surface area contributed by atoms with Crippen molar-refractivity contribution in [1.29, 1.82) is 0 Å². The Kier molecular flexibility index (Phi) is 7.80. The average Bonchev–Trinajstić information content (AvgIpc) is 3.35. The lowest BCUT2D eigenvalue weighted by Crippen LogP contribution is -2.25. The number of nitrogens with zero attached hydrogens (tertiary/aromatic N) is 2. The van der Waals surface area contributed by atoms with Crippen LogP contribution in [0.3, 0.4) is 0 Å². The number of methoxy groups -OCH3 is 2. The fourth-order valence-corrected chi connectivity index (χ4v) is 5.90. The van der Waals surface area contributed by atoms with Crippen molar-refractivity contribution in [1.82, 2.24) is 9.55 Å². The Labute approximate surface area is 225 Å². The Balaban J connectivity index is 1.82. The van der Waals surface area contributed by atoms with Crippen LogP contribution >= 0.6 is 11.6 Å². The SMILES string of the molecule is COc1ccc(C(C)(C)c2cnc(S(=O)(=O)CCc3ccc(F)cc3Cl)n2-c2ccc(F)cc2)cc1OC. The van der Waals surface area contributed by atoms with Gasteiger partial charge in [-0.05, 0) is 66.1 Å². The summed E-state index contributed by atoms with van der Waals surface area (Å²) in [5.74, 6) is -0.190. The van der Waals surface area contributed by atoms with Crippen LogP contribution in [0.4, 0.5) is 8.78 Å². The van der Waals surface area contributed by atoms with Crippen LogP contribution in [0.25, 0.3) is 5.69 Å². The van der Waals surface area contributed by atoms with E-state index in [2.05, 4.69) is 4.98 Å². The van der Waals surface area contributed by atoms with Gasteiger partial charge in [-0.25, -0.2) is 22.2 Å². The number of benzene rings is 3. The monoisotopic (exact) mass is 560 g/mol. The van der Waals surface area contributed by atoms with Crippen LogP contribution in [0.1, 0.15) is 30.7 Å². The molecule has 0 aliphatic rings. The van der Waals surface area contributed by atoms with Crippen LogP contribution in [0.5, 0.6) is 11.5 Å². The summed E-state index contributed by atoms with van der Waals surface area (Å²) in [7, 11) is -0.877. The van der Waals surface area contributed by atoms with E-state index in [1.807, 2.05) is 26.0 Å². The summed E-state index contributed by atoms with van der Waals surface area (Å²) in [6.45, 7) is 3.86. The van der Waals surface area contributed by atoms with Crippen LogP contribution in [0.15, 0.2) is 72.0 Å². The van der Waals surface area contributed by atoms with Gasteiger partial charge < -0.3 is 9.47 Å². The molecule has 1 aromatic heterocycles. The van der Waals surface area contributed by atoms with Gasteiger partial charge in [-0.3, -0.25) is 4.57 Å². The van der Waals surface area contributed by atoms with Crippen molar-refractivity contribution in [2.24, 2.45) is 0 Å². The number of hydrogen-bond donors (Lipinski definition) is 0. The number of rotatable bonds is 9. The highest BCUT2D eigenvalue weighted by atomic mass is 35.5. The molecule has 0 saturated carbocycles. The van der Waals surface area contributed by atoms with Crippen LogP contribution in [0.2, 0.25) is 5.02 Å². The second-order valence-corrected chi connectivity index (χ2v) is 11.6. The number of imidazole rings is 1. The molecule has 0 atom stereocenters. The van der Waals surface area contributed by atoms with Gasteiger partial charge in [0.25, 0.3) is 0 Å². The molecule has 0 amide bonds. The maximum absolute atomic E-state index is 13.8. The highest BCUT2D eigenvalue weighted by Gasteiger charge is 2.33. The summed E-state index contributed by atoms with van der Waals surface area (Å²) >= 11 is 6.11. The Morgan fingerprint density at radius 2 is 1.58 bits per heavy atom. The van der Waals surface area contributed by atoms with Crippen molar-refractivity contribution in [2.75, 3.05) is 20.0 Å². The summed E-state index contributed by atoms with van der Waals surface area (Å²) in [6.07, 6.45) is 1.57. The summed E-state index contributed by atoms with van der Waals surface area (Å²) in [5, 5.41) is -0.0387. The predicted molar refractivity (Wildman–Crippen MR) is 142 cm³/mol. The summed E-state index contributed by atoms with van der Waals surface area (Å²) in [4.78, 5) is 4.34. The van der Waals surface area contributed by atoms with Gasteiger partial charge in [0.15, 0.2) is 11.5 Å². The normalized spacial score (nSPS) is 12.0. The summed E-state index contributed by atoms with van der Waals surface area (Å²) in [6, 6.07) is 14.8. The first kappa shape index (κ1) is 27.6. The molecule has 3 aromatic carbocycles. The molecular weight excluding hydrogens is 534 g/mol. The topological polar surface area (TPSA) is 70.4 Å². The zero-order valence-corrected chi connectivity index (χ0v) is 22.9. The van der Waals surface area contributed by atoms with Gasteiger partial charge >= 0.3 is 0 Å². The van der Waals surface area contributed by atoms with Gasteiger partial charge in [0.1, 0.15) is 11.6 Å². The van der Waals surface area contributed by atoms with E-state index in [1.54, 1.807) is 13.2 Å². The first-order valence-electron chi connectivity index (χ1n) is 11.7. The van der Waals surface area contributed by atoms with Gasteiger partial charge in [0, 0.05) is 16.1 Å². The van der Waals surface area contributed by atoms with Crippen molar-refractivity contribution in [3.8, 4) is 17.2 Å². The predicted octanol–water partition coefficient (Wildman–Crippen LogP) is 6.16. The van der Waals surface area contributed by atoms with E-state index in [1.165, 1.54) is 54.3 Å². The third-order valence-corrected chi connectivity index (χ3v) is 8.43. The van der Waals surface area contributed by atoms with E-state index in [-0.39, 0.29) is 22.4 Å². The fourth-order valence-electron chi connectivity index (χ4n) is 4.27. The lowest BCUT2D eigenvalue weighted by atomic mass is 9.81. The lowest BCUT2D eigenvalue weighted by molar-refractivity contribution is 0.353. The second-order valence-electron chi connectivity index (χ2n) is 9.24. The van der Waals surface area contributed by atoms with Gasteiger partial charge in [-0.2, -0.15) is 0 Å². The molecular formula is C28H27ClF2N2O4S. The zero-order chi connectivity index (χ0) is 27.7. The maximum Gasteiger partial charge on any atom is 0.232 e. The molecule has 0 saturated heterocycles. The first-order valence-corrected chi connectivity index (χ1v) is 13.7. The van der Waals surface area contributed by atoms with Crippen LogP contribution in [-0.2, 0) is 21.7 Å². The minimum Gasteiger partial charge on any atom is -0.493 e. The molecule has 200 valence electrons. The number of sulfone groups is 1. The number of aryl methyl sites for hydroxylation is 1. The van der Waals surface area contributed by atoms with Crippen molar-refractivity contribution >= 4 is 21.4 Å². The van der Waals surface area contributed by atoms with Crippen molar-refractivity contribution in [2.45, 2.75) is 30.8 Å². The zero-order valence-electron chi connectivity index (χ0n) is 21.3. The molecule has 0 N–H and O–H groups in total. The van der Waals surface area contributed by atoms with Crippen LogP contribution < -0.4 is 9.47 Å². The quantitative estimate of drug-likeness (QED) is 0.245. The molecule has 0 bridgehead atoms. The van der Waals surface area contributed by atoms with E-state index in [4.69, 9.17) is 21.1 Å². The van der Waals surface area contributed by atoms with Crippen LogP contribution in [-0.4, -0.2) is 37.9 Å². The molecule has 10 heteroatoms. The average molecular weight is 561 g/mol. The number of hydrogen-bond acceptors (Lipinski definition) is 5. The number of halogens is 3. The van der Waals surface area contributed by atoms with E-state index < -0.39 is 26.9 Å². The Bertz CT molecular complexity index is 1570. The van der Waals surface area contributed by atoms with Crippen molar-refractivity contribution in [3.05, 3.63) is 100 Å². The van der Waals surface area contributed by atoms with Gasteiger partial charge in [-0.1, -0.05) is 37.6 Å². The Hall–Kier alpha value is -3.43. The third kappa shape index (κ3) is 5.39. The minimum absolute atomic E-state index is 0.0616. The van der Waals surface area contributed by atoms with E-state index >= 15 is 0 Å². The molecule has 0 aliphatic carbocycles. The molecule has 1 heterocycles. The molecule has 4 aromatic rings. The maximum atomic E-state index is 13.8. The second kappa shape index (κ2) is 10.7.